The van der Waals surface area contributed by atoms with E-state index >= 15 is 0 Å². The third kappa shape index (κ3) is 15.2. The van der Waals surface area contributed by atoms with E-state index in [0.29, 0.717) is 32.3 Å². The molecule has 17 heavy (non-hydrogen) atoms. The number of amides is 1. The van der Waals surface area contributed by atoms with Crippen molar-refractivity contribution in [2.45, 2.75) is 58.3 Å². The summed E-state index contributed by atoms with van der Waals surface area (Å²) in [6.45, 7) is 2.67. The lowest BCUT2D eigenvalue weighted by Gasteiger charge is -2.04. The lowest BCUT2D eigenvalue weighted by molar-refractivity contribution is -0.144. The second-order valence-electron chi connectivity index (χ2n) is 3.95. The Morgan fingerprint density at radius 1 is 1.00 bits per heavy atom. The number of esters is 1. The van der Waals surface area contributed by atoms with Gasteiger partial charge >= 0.3 is 5.97 Å². The summed E-state index contributed by atoms with van der Waals surface area (Å²) in [6, 6.07) is 0. The first-order valence-corrected chi connectivity index (χ1v) is 6.10. The number of nitrogens with two attached hydrogens (primary N) is 1. The van der Waals surface area contributed by atoms with Crippen LogP contribution in [0.2, 0.25) is 0 Å². The SMILES string of the molecule is CCCCCCOC(=O)CCCCC(N)=O.Cl. The summed E-state index contributed by atoms with van der Waals surface area (Å²) in [5.74, 6) is -0.478. The van der Waals surface area contributed by atoms with Gasteiger partial charge in [-0.05, 0) is 19.3 Å². The van der Waals surface area contributed by atoms with Crippen LogP contribution in [0.4, 0.5) is 0 Å². The van der Waals surface area contributed by atoms with Gasteiger partial charge in [-0.25, -0.2) is 0 Å². The molecule has 0 unspecified atom stereocenters. The van der Waals surface area contributed by atoms with E-state index in [1.54, 1.807) is 0 Å². The predicted molar refractivity (Wildman–Crippen MR) is 70.0 cm³/mol. The van der Waals surface area contributed by atoms with Crippen molar-refractivity contribution in [3.05, 3.63) is 0 Å². The summed E-state index contributed by atoms with van der Waals surface area (Å²) >= 11 is 0. The second kappa shape index (κ2) is 13.3. The molecule has 0 atom stereocenters. The molecule has 0 rings (SSSR count). The first-order valence-electron chi connectivity index (χ1n) is 6.10. The van der Waals surface area contributed by atoms with E-state index < -0.39 is 0 Å². The molecular formula is C12H24ClNO3. The van der Waals surface area contributed by atoms with Gasteiger partial charge in [0.2, 0.25) is 5.91 Å². The number of ether oxygens (including phenoxy) is 1. The quantitative estimate of drug-likeness (QED) is 0.488. The standard InChI is InChI=1S/C12H23NO3.ClH/c1-2-3-4-7-10-16-12(15)9-6-5-8-11(13)14;/h2-10H2,1H3,(H2,13,14);1H. The molecule has 0 aromatic carbocycles. The summed E-state index contributed by atoms with van der Waals surface area (Å²) in [4.78, 5) is 21.6. The topological polar surface area (TPSA) is 69.4 Å². The van der Waals surface area contributed by atoms with E-state index in [0.717, 1.165) is 12.8 Å². The Kier molecular flexibility index (Phi) is 14.5. The van der Waals surface area contributed by atoms with Crippen molar-refractivity contribution in [1.82, 2.24) is 0 Å². The van der Waals surface area contributed by atoms with Crippen molar-refractivity contribution in [1.29, 1.82) is 0 Å². The van der Waals surface area contributed by atoms with E-state index in [1.807, 2.05) is 0 Å². The number of rotatable bonds is 10. The van der Waals surface area contributed by atoms with Gasteiger partial charge in [0, 0.05) is 12.8 Å². The van der Waals surface area contributed by atoms with Crippen molar-refractivity contribution in [3.63, 3.8) is 0 Å². The van der Waals surface area contributed by atoms with E-state index in [4.69, 9.17) is 10.5 Å². The molecule has 0 radical (unpaired) electrons. The zero-order valence-electron chi connectivity index (χ0n) is 10.6. The molecule has 0 fully saturated rings. The lowest BCUT2D eigenvalue weighted by atomic mass is 10.2. The highest BCUT2D eigenvalue weighted by molar-refractivity contribution is 5.85. The number of carbonyl (C=O) groups excluding carboxylic acids is 2. The van der Waals surface area contributed by atoms with E-state index in [1.165, 1.54) is 12.8 Å². The van der Waals surface area contributed by atoms with Crippen LogP contribution < -0.4 is 5.73 Å². The molecule has 2 N–H and O–H groups in total. The van der Waals surface area contributed by atoms with Gasteiger partial charge in [-0.2, -0.15) is 0 Å². The molecule has 0 bridgehead atoms. The predicted octanol–water partition coefficient (Wildman–Crippen LogP) is 2.58. The zero-order chi connectivity index (χ0) is 12.2. The first kappa shape index (κ1) is 18.6. The monoisotopic (exact) mass is 265 g/mol. The maximum atomic E-state index is 11.2. The number of unbranched alkanes of at least 4 members (excludes halogenated alkanes) is 4. The average Bonchev–Trinajstić information content (AvgIpc) is 2.24. The smallest absolute Gasteiger partial charge is 0.305 e. The number of primary amides is 1. The van der Waals surface area contributed by atoms with Crippen molar-refractivity contribution in [3.8, 4) is 0 Å². The average molecular weight is 266 g/mol. The molecule has 0 heterocycles. The lowest BCUT2D eigenvalue weighted by Crippen LogP contribution is -2.10. The Bertz CT molecular complexity index is 210. The maximum Gasteiger partial charge on any atom is 0.305 e. The Labute approximate surface area is 110 Å². The molecule has 0 saturated heterocycles. The van der Waals surface area contributed by atoms with Crippen molar-refractivity contribution in [2.24, 2.45) is 5.73 Å². The van der Waals surface area contributed by atoms with Crippen LogP contribution in [-0.2, 0) is 14.3 Å². The van der Waals surface area contributed by atoms with Gasteiger partial charge in [0.05, 0.1) is 6.61 Å². The highest BCUT2D eigenvalue weighted by Crippen LogP contribution is 2.03. The Hall–Kier alpha value is -0.770. The minimum Gasteiger partial charge on any atom is -0.466 e. The summed E-state index contributed by atoms with van der Waals surface area (Å²) in [7, 11) is 0. The normalized spacial score (nSPS) is 9.47. The van der Waals surface area contributed by atoms with Crippen molar-refractivity contribution < 1.29 is 14.3 Å². The molecule has 0 aliphatic heterocycles. The van der Waals surface area contributed by atoms with Gasteiger partial charge in [0.25, 0.3) is 0 Å². The molecule has 0 aromatic rings. The molecular weight excluding hydrogens is 242 g/mol. The zero-order valence-corrected chi connectivity index (χ0v) is 11.4. The fourth-order valence-electron chi connectivity index (χ4n) is 1.36. The minimum absolute atomic E-state index is 0. The number of halogens is 1. The van der Waals surface area contributed by atoms with Crippen LogP contribution in [0.3, 0.4) is 0 Å². The number of carbonyl (C=O) groups is 2. The van der Waals surface area contributed by atoms with Crippen molar-refractivity contribution >= 4 is 24.3 Å². The fourth-order valence-corrected chi connectivity index (χ4v) is 1.36. The number of hydrogen-bond donors (Lipinski definition) is 1. The molecule has 0 spiro atoms. The highest BCUT2D eigenvalue weighted by Gasteiger charge is 2.03. The second-order valence-corrected chi connectivity index (χ2v) is 3.95. The van der Waals surface area contributed by atoms with Crippen LogP contribution in [0.5, 0.6) is 0 Å². The molecule has 0 aliphatic rings. The van der Waals surface area contributed by atoms with Gasteiger partial charge in [-0.1, -0.05) is 26.2 Å². The summed E-state index contributed by atoms with van der Waals surface area (Å²) in [5, 5.41) is 0. The van der Waals surface area contributed by atoms with Crippen LogP contribution in [0, 0.1) is 0 Å². The summed E-state index contributed by atoms with van der Waals surface area (Å²) in [5.41, 5.74) is 4.98. The molecule has 5 heteroatoms. The molecule has 0 aliphatic carbocycles. The summed E-state index contributed by atoms with van der Waals surface area (Å²) < 4.78 is 5.04. The van der Waals surface area contributed by atoms with Crippen LogP contribution in [0.15, 0.2) is 0 Å². The fraction of sp³-hybridized carbons (Fsp3) is 0.833. The molecule has 0 saturated carbocycles. The van der Waals surface area contributed by atoms with Crippen LogP contribution >= 0.6 is 12.4 Å². The van der Waals surface area contributed by atoms with Crippen LogP contribution in [0.1, 0.15) is 58.3 Å². The van der Waals surface area contributed by atoms with Crippen LogP contribution in [-0.4, -0.2) is 18.5 Å². The van der Waals surface area contributed by atoms with E-state index in [2.05, 4.69) is 6.92 Å². The molecule has 0 aromatic heterocycles. The van der Waals surface area contributed by atoms with Gasteiger partial charge < -0.3 is 10.5 Å². The maximum absolute atomic E-state index is 11.2. The van der Waals surface area contributed by atoms with Crippen LogP contribution in [0.25, 0.3) is 0 Å². The molecule has 102 valence electrons. The third-order valence-electron chi connectivity index (χ3n) is 2.32. The third-order valence-corrected chi connectivity index (χ3v) is 2.32. The number of hydrogen-bond acceptors (Lipinski definition) is 3. The minimum atomic E-state index is -0.312. The largest absolute Gasteiger partial charge is 0.466 e. The van der Waals surface area contributed by atoms with Crippen molar-refractivity contribution in [2.75, 3.05) is 6.61 Å². The Morgan fingerprint density at radius 2 is 1.65 bits per heavy atom. The van der Waals surface area contributed by atoms with E-state index in [-0.39, 0.29) is 24.3 Å². The first-order chi connectivity index (χ1) is 7.66. The van der Waals surface area contributed by atoms with Gasteiger partial charge in [0.15, 0.2) is 0 Å². The molecule has 4 nitrogen and oxygen atoms in total. The van der Waals surface area contributed by atoms with Gasteiger partial charge in [0.1, 0.15) is 0 Å². The Morgan fingerprint density at radius 3 is 2.24 bits per heavy atom. The van der Waals surface area contributed by atoms with Gasteiger partial charge in [-0.15, -0.1) is 12.4 Å². The van der Waals surface area contributed by atoms with E-state index in [9.17, 15) is 9.59 Å². The molecule has 1 amide bonds. The van der Waals surface area contributed by atoms with Gasteiger partial charge in [-0.3, -0.25) is 9.59 Å². The highest BCUT2D eigenvalue weighted by atomic mass is 35.5. The summed E-state index contributed by atoms with van der Waals surface area (Å²) in [6.07, 6.45) is 6.52. The Balaban J connectivity index is 0.